The number of aromatic nitrogens is 4. The lowest BCUT2D eigenvalue weighted by molar-refractivity contribution is -0.183. The number of para-hydroxylation sites is 1. The van der Waals surface area contributed by atoms with E-state index >= 15 is 0 Å². The van der Waals surface area contributed by atoms with Crippen LogP contribution in [0.5, 0.6) is 5.75 Å². The van der Waals surface area contributed by atoms with Crippen LogP contribution in [0.2, 0.25) is 0 Å². The molecule has 1 unspecified atom stereocenters. The Morgan fingerprint density at radius 3 is 2.56 bits per heavy atom. The number of benzene rings is 1. The molecule has 1 aliphatic heterocycles. The maximum Gasteiger partial charge on any atom is 0.408 e. The van der Waals surface area contributed by atoms with Gasteiger partial charge in [0.25, 0.3) is 0 Å². The van der Waals surface area contributed by atoms with Crippen LogP contribution in [0, 0.1) is 5.92 Å². The average molecular weight is 542 g/mol. The lowest BCUT2D eigenvalue weighted by atomic mass is 10.1. The van der Waals surface area contributed by atoms with Crippen LogP contribution in [-0.2, 0) is 4.79 Å². The molecule has 2 atom stereocenters. The van der Waals surface area contributed by atoms with Crippen LogP contribution in [0.1, 0.15) is 37.8 Å². The van der Waals surface area contributed by atoms with Gasteiger partial charge in [-0.3, -0.25) is 14.1 Å². The normalized spacial score (nSPS) is 18.6. The van der Waals surface area contributed by atoms with E-state index < -0.39 is 12.2 Å². The van der Waals surface area contributed by atoms with Crippen LogP contribution in [0.15, 0.2) is 48.7 Å². The number of alkyl halides is 3. The van der Waals surface area contributed by atoms with Crippen LogP contribution < -0.4 is 16.2 Å². The summed E-state index contributed by atoms with van der Waals surface area (Å²) in [7, 11) is 0. The Balaban J connectivity index is 0.000000723. The third kappa shape index (κ3) is 6.12. The number of hydrogen-bond acceptors (Lipinski definition) is 7. The highest BCUT2D eigenvalue weighted by atomic mass is 19.4. The minimum absolute atomic E-state index is 0.120. The maximum absolute atomic E-state index is 14.1. The van der Waals surface area contributed by atoms with Crippen molar-refractivity contribution in [2.24, 2.45) is 17.4 Å². The Kier molecular flexibility index (Phi) is 7.41. The fourth-order valence-electron chi connectivity index (χ4n) is 4.75. The quantitative estimate of drug-likeness (QED) is 0.380. The van der Waals surface area contributed by atoms with E-state index in [9.17, 15) is 18.0 Å². The van der Waals surface area contributed by atoms with E-state index in [4.69, 9.17) is 15.5 Å². The number of pyridine rings is 2. The van der Waals surface area contributed by atoms with E-state index in [2.05, 4.69) is 15.9 Å². The van der Waals surface area contributed by atoms with Crippen molar-refractivity contribution in [2.75, 3.05) is 19.7 Å². The second-order valence-corrected chi connectivity index (χ2v) is 10.1. The number of ether oxygens (including phenoxy) is 1. The lowest BCUT2D eigenvalue weighted by Crippen LogP contribution is -2.38. The number of nitrogens with zero attached hydrogens (tertiary/aromatic N) is 5. The summed E-state index contributed by atoms with van der Waals surface area (Å²) in [5.41, 5.74) is 12.1. The van der Waals surface area contributed by atoms with Gasteiger partial charge in [-0.25, -0.2) is 4.98 Å². The lowest BCUT2D eigenvalue weighted by Gasteiger charge is -2.30. The molecule has 4 heterocycles. The Bertz CT molecular complexity index is 1480. The molecule has 1 aliphatic carbocycles. The van der Waals surface area contributed by atoms with Crippen molar-refractivity contribution in [3.05, 3.63) is 54.2 Å². The van der Waals surface area contributed by atoms with Crippen LogP contribution >= 0.6 is 0 Å². The van der Waals surface area contributed by atoms with Gasteiger partial charge in [0.15, 0.2) is 11.5 Å². The first kappa shape index (κ1) is 26.8. The molecule has 4 aromatic rings. The number of amides is 1. The average Bonchev–Trinajstić information content (AvgIpc) is 3.47. The SMILES string of the molecule is CC(N)=O.N[C@H]1CCN(C(c2ccc3nnc(-c4ccc5cccc(OCC6CC6)c5n4)n3c2)C(F)(F)F)C1. The van der Waals surface area contributed by atoms with Crippen LogP contribution in [0.3, 0.4) is 0 Å². The maximum atomic E-state index is 14.1. The molecule has 6 rings (SSSR count). The summed E-state index contributed by atoms with van der Waals surface area (Å²) >= 11 is 0. The fraction of sp³-hybridized carbons (Fsp3) is 0.407. The molecule has 0 bridgehead atoms. The summed E-state index contributed by atoms with van der Waals surface area (Å²) in [5, 5.41) is 9.33. The first-order valence-corrected chi connectivity index (χ1v) is 12.8. The predicted molar refractivity (Wildman–Crippen MR) is 140 cm³/mol. The van der Waals surface area contributed by atoms with Gasteiger partial charge in [-0.05, 0) is 48.9 Å². The number of halogens is 3. The largest absolute Gasteiger partial charge is 0.491 e. The van der Waals surface area contributed by atoms with Crippen molar-refractivity contribution in [1.29, 1.82) is 0 Å². The minimum Gasteiger partial charge on any atom is -0.491 e. The molecule has 2 aliphatic rings. The van der Waals surface area contributed by atoms with Gasteiger partial charge in [-0.1, -0.05) is 24.3 Å². The number of carbonyl (C=O) groups is 1. The molecule has 1 amide bonds. The van der Waals surface area contributed by atoms with E-state index in [0.29, 0.717) is 53.9 Å². The van der Waals surface area contributed by atoms with Gasteiger partial charge in [-0.15, -0.1) is 10.2 Å². The van der Waals surface area contributed by atoms with Gasteiger partial charge in [0.05, 0.1) is 6.61 Å². The number of likely N-dealkylation sites (tertiary alicyclic amines) is 1. The number of primary amides is 1. The molecule has 9 nitrogen and oxygen atoms in total. The molecule has 3 aromatic heterocycles. The van der Waals surface area contributed by atoms with Gasteiger partial charge in [0, 0.05) is 37.6 Å². The Morgan fingerprint density at radius 1 is 1.13 bits per heavy atom. The molecule has 4 N–H and O–H groups in total. The van der Waals surface area contributed by atoms with Crippen molar-refractivity contribution in [2.45, 2.75) is 44.4 Å². The second-order valence-electron chi connectivity index (χ2n) is 10.1. The first-order chi connectivity index (χ1) is 18.6. The van der Waals surface area contributed by atoms with Gasteiger partial charge >= 0.3 is 6.18 Å². The summed E-state index contributed by atoms with van der Waals surface area (Å²) in [6.45, 7) is 2.46. The van der Waals surface area contributed by atoms with Crippen molar-refractivity contribution in [3.63, 3.8) is 0 Å². The number of nitrogens with two attached hydrogens (primary N) is 2. The van der Waals surface area contributed by atoms with Gasteiger partial charge < -0.3 is 16.2 Å². The minimum atomic E-state index is -4.44. The van der Waals surface area contributed by atoms with E-state index in [1.54, 1.807) is 16.5 Å². The van der Waals surface area contributed by atoms with Gasteiger partial charge in [0.1, 0.15) is 23.0 Å². The molecule has 0 spiro atoms. The monoisotopic (exact) mass is 541 g/mol. The van der Waals surface area contributed by atoms with Crippen LogP contribution in [-0.4, -0.2) is 62.3 Å². The fourth-order valence-corrected chi connectivity index (χ4v) is 4.75. The molecule has 1 aromatic carbocycles. The summed E-state index contributed by atoms with van der Waals surface area (Å²) in [6.07, 6.45) is -0.0760. The standard InChI is InChI=1S/C25H25F3N6O.C2H5NO/c26-25(27,28)23(33-11-10-18(29)13-33)17-7-9-21-31-32-24(34(21)12-17)19-8-6-16-2-1-3-20(22(16)30-19)35-14-15-4-5-15;1-2(3)4/h1-3,6-9,12,15,18,23H,4-5,10-11,13-14,29H2;1H3,(H2,3,4)/t18-,23?;/m0./s1. The molecular formula is C27H30F3N7O2. The van der Waals surface area contributed by atoms with E-state index in [1.807, 2.05) is 24.3 Å². The first-order valence-electron chi connectivity index (χ1n) is 12.8. The number of carbonyl (C=O) groups excluding carboxylic acids is 1. The summed E-state index contributed by atoms with van der Waals surface area (Å²) in [5.74, 6) is 1.33. The van der Waals surface area contributed by atoms with Crippen LogP contribution in [0.4, 0.5) is 13.2 Å². The summed E-state index contributed by atoms with van der Waals surface area (Å²) in [6, 6.07) is 10.5. The Labute approximate surface area is 223 Å². The smallest absolute Gasteiger partial charge is 0.408 e. The number of rotatable bonds is 6. The zero-order chi connectivity index (χ0) is 27.7. The molecule has 206 valence electrons. The third-order valence-electron chi connectivity index (χ3n) is 6.76. The molecule has 1 saturated heterocycles. The Hall–Kier alpha value is -3.77. The van der Waals surface area contributed by atoms with E-state index in [1.165, 1.54) is 36.9 Å². The van der Waals surface area contributed by atoms with Crippen molar-refractivity contribution < 1.29 is 22.7 Å². The topological polar surface area (TPSA) is 125 Å². The highest BCUT2D eigenvalue weighted by Gasteiger charge is 2.46. The highest BCUT2D eigenvalue weighted by molar-refractivity contribution is 5.86. The second kappa shape index (κ2) is 10.8. The molecule has 12 heteroatoms. The predicted octanol–water partition coefficient (Wildman–Crippen LogP) is 3.86. The molecule has 1 saturated carbocycles. The van der Waals surface area contributed by atoms with Crippen molar-refractivity contribution >= 4 is 22.5 Å². The summed E-state index contributed by atoms with van der Waals surface area (Å²) < 4.78 is 50.0. The van der Waals surface area contributed by atoms with E-state index in [-0.39, 0.29) is 24.1 Å². The zero-order valence-corrected chi connectivity index (χ0v) is 21.4. The van der Waals surface area contributed by atoms with Crippen molar-refractivity contribution in [1.82, 2.24) is 24.5 Å². The van der Waals surface area contributed by atoms with E-state index in [0.717, 1.165) is 5.39 Å². The highest BCUT2D eigenvalue weighted by Crippen LogP contribution is 2.39. The van der Waals surface area contributed by atoms with Gasteiger partial charge in [-0.2, -0.15) is 13.2 Å². The zero-order valence-electron chi connectivity index (χ0n) is 21.4. The number of fused-ring (bicyclic) bond motifs is 2. The summed E-state index contributed by atoms with van der Waals surface area (Å²) in [4.78, 5) is 15.4. The van der Waals surface area contributed by atoms with Crippen LogP contribution in [0.25, 0.3) is 28.1 Å². The van der Waals surface area contributed by atoms with Gasteiger partial charge in [0.2, 0.25) is 5.91 Å². The molecule has 0 radical (unpaired) electrons. The number of hydrogen-bond donors (Lipinski definition) is 2. The van der Waals surface area contributed by atoms with Crippen molar-refractivity contribution in [3.8, 4) is 17.3 Å². The molecular weight excluding hydrogens is 511 g/mol. The third-order valence-corrected chi connectivity index (χ3v) is 6.76. The Morgan fingerprint density at radius 2 is 1.90 bits per heavy atom. The molecule has 39 heavy (non-hydrogen) atoms. The molecule has 2 fully saturated rings.